The van der Waals surface area contributed by atoms with Crippen LogP contribution in [0.15, 0.2) is 30.3 Å². The highest BCUT2D eigenvalue weighted by atomic mass is 32.2. The van der Waals surface area contributed by atoms with E-state index in [2.05, 4.69) is 0 Å². The summed E-state index contributed by atoms with van der Waals surface area (Å²) in [5.74, 6) is -0.331. The van der Waals surface area contributed by atoms with Crippen molar-refractivity contribution in [3.05, 3.63) is 35.9 Å². The second-order valence-electron chi connectivity index (χ2n) is 7.25. The molecule has 1 aromatic rings. The minimum atomic E-state index is -3.59. The van der Waals surface area contributed by atoms with Gasteiger partial charge in [0.1, 0.15) is 12.4 Å². The van der Waals surface area contributed by atoms with Crippen molar-refractivity contribution >= 4 is 16.4 Å². The normalized spacial score (nSPS) is 15.0. The van der Waals surface area contributed by atoms with Gasteiger partial charge in [0, 0.05) is 0 Å². The molecule has 136 valence electrons. The first kappa shape index (κ1) is 20.8. The number of hydrogen-bond donors (Lipinski definition) is 0. The molecule has 2 unspecified atom stereocenters. The molecule has 0 bridgehead atoms. The third-order valence-corrected chi connectivity index (χ3v) is 4.69. The van der Waals surface area contributed by atoms with Gasteiger partial charge >= 0.3 is 0 Å². The Kier molecular flexibility index (Phi) is 8.06. The fourth-order valence-electron chi connectivity index (χ4n) is 1.92. The minimum Gasteiger partial charge on any atom is -0.366 e. The van der Waals surface area contributed by atoms with Crippen LogP contribution in [0.4, 0.5) is 0 Å². The number of carbonyl (C=O) groups excluding carboxylic acids is 1. The highest BCUT2D eigenvalue weighted by Gasteiger charge is 2.22. The van der Waals surface area contributed by atoms with Gasteiger partial charge < -0.3 is 9.53 Å². The van der Waals surface area contributed by atoms with Crippen LogP contribution in [0.2, 0.25) is 0 Å². The van der Waals surface area contributed by atoms with Crippen LogP contribution in [0.1, 0.15) is 39.7 Å². The molecule has 0 amide bonds. The van der Waals surface area contributed by atoms with Gasteiger partial charge in [-0.05, 0) is 23.3 Å². The molecule has 0 spiro atoms. The summed E-state index contributed by atoms with van der Waals surface area (Å²) in [6.07, 6.45) is 0.406. The first-order chi connectivity index (χ1) is 11.1. The number of rotatable bonds is 10. The Balaban J connectivity index is 2.46. The van der Waals surface area contributed by atoms with E-state index in [1.807, 2.05) is 58.0 Å². The van der Waals surface area contributed by atoms with Gasteiger partial charge in [-0.3, -0.25) is 4.18 Å². The molecule has 0 fully saturated rings. The molecule has 2 atom stereocenters. The third kappa shape index (κ3) is 8.57. The second kappa shape index (κ2) is 9.30. The molecule has 1 rings (SSSR count). The molecule has 0 saturated heterocycles. The standard InChI is InChI=1S/C18H28O5S/c1-15(10-11-24(20,21)23-14-18(2,3)4)17(12-19)22-13-16-8-6-5-7-9-16/h5-9,12,15,17H,10-11,13-14H2,1-4H3. The predicted octanol–water partition coefficient (Wildman–Crippen LogP) is 3.19. The van der Waals surface area contributed by atoms with E-state index in [1.54, 1.807) is 0 Å². The van der Waals surface area contributed by atoms with Crippen LogP contribution in [-0.4, -0.2) is 33.2 Å². The maximum Gasteiger partial charge on any atom is 0.267 e. The highest BCUT2D eigenvalue weighted by molar-refractivity contribution is 7.86. The lowest BCUT2D eigenvalue weighted by atomic mass is 9.99. The van der Waals surface area contributed by atoms with Gasteiger partial charge in [-0.2, -0.15) is 8.42 Å². The van der Waals surface area contributed by atoms with Crippen LogP contribution in [0.5, 0.6) is 0 Å². The number of ether oxygens (including phenoxy) is 1. The van der Waals surface area contributed by atoms with E-state index in [1.165, 1.54) is 0 Å². The Bertz CT molecular complexity index is 590. The predicted molar refractivity (Wildman–Crippen MR) is 94.1 cm³/mol. The highest BCUT2D eigenvalue weighted by Crippen LogP contribution is 2.17. The largest absolute Gasteiger partial charge is 0.366 e. The summed E-state index contributed by atoms with van der Waals surface area (Å²) in [7, 11) is -3.59. The van der Waals surface area contributed by atoms with E-state index in [-0.39, 0.29) is 23.7 Å². The smallest absolute Gasteiger partial charge is 0.267 e. The monoisotopic (exact) mass is 356 g/mol. The fraction of sp³-hybridized carbons (Fsp3) is 0.611. The van der Waals surface area contributed by atoms with Gasteiger partial charge in [0.2, 0.25) is 0 Å². The molecule has 24 heavy (non-hydrogen) atoms. The zero-order valence-corrected chi connectivity index (χ0v) is 15.7. The fourth-order valence-corrected chi connectivity index (χ4v) is 3.24. The number of benzene rings is 1. The van der Waals surface area contributed by atoms with E-state index < -0.39 is 16.2 Å². The van der Waals surface area contributed by atoms with Crippen LogP contribution in [0.3, 0.4) is 0 Å². The van der Waals surface area contributed by atoms with E-state index in [9.17, 15) is 13.2 Å². The molecule has 0 radical (unpaired) electrons. The molecule has 5 nitrogen and oxygen atoms in total. The Morgan fingerprint density at radius 1 is 1.17 bits per heavy atom. The number of hydrogen-bond acceptors (Lipinski definition) is 5. The molecule has 0 aromatic heterocycles. The first-order valence-corrected chi connectivity index (χ1v) is 9.68. The van der Waals surface area contributed by atoms with Crippen molar-refractivity contribution in [2.45, 2.75) is 46.8 Å². The summed E-state index contributed by atoms with van der Waals surface area (Å²) >= 11 is 0. The Morgan fingerprint density at radius 2 is 1.79 bits per heavy atom. The van der Waals surface area contributed by atoms with Crippen molar-refractivity contribution in [3.63, 3.8) is 0 Å². The van der Waals surface area contributed by atoms with Gasteiger partial charge in [-0.15, -0.1) is 0 Å². The van der Waals surface area contributed by atoms with Gasteiger partial charge in [-0.1, -0.05) is 58.0 Å². The third-order valence-electron chi connectivity index (χ3n) is 3.47. The molecule has 6 heteroatoms. The molecule has 0 aliphatic carbocycles. The first-order valence-electron chi connectivity index (χ1n) is 8.11. The quantitative estimate of drug-likeness (QED) is 0.476. The minimum absolute atomic E-state index is 0.122. The average molecular weight is 356 g/mol. The number of aldehydes is 1. The molecule has 0 N–H and O–H groups in total. The molecule has 1 aromatic carbocycles. The van der Waals surface area contributed by atoms with E-state index in [0.29, 0.717) is 13.0 Å². The molecular weight excluding hydrogens is 328 g/mol. The van der Waals surface area contributed by atoms with Crippen LogP contribution < -0.4 is 0 Å². The summed E-state index contributed by atoms with van der Waals surface area (Å²) < 4.78 is 34.5. The summed E-state index contributed by atoms with van der Waals surface area (Å²) in [4.78, 5) is 11.2. The Hall–Kier alpha value is -1.24. The maximum atomic E-state index is 11.9. The van der Waals surface area contributed by atoms with Crippen molar-refractivity contribution < 1.29 is 22.1 Å². The lowest BCUT2D eigenvalue weighted by molar-refractivity contribution is -0.122. The lowest BCUT2D eigenvalue weighted by Gasteiger charge is -2.20. The second-order valence-corrected chi connectivity index (χ2v) is 9.01. The summed E-state index contributed by atoms with van der Waals surface area (Å²) in [5.41, 5.74) is 0.751. The van der Waals surface area contributed by atoms with Crippen molar-refractivity contribution in [1.29, 1.82) is 0 Å². The molecule has 0 saturated carbocycles. The van der Waals surface area contributed by atoms with Gasteiger partial charge in [-0.25, -0.2) is 0 Å². The number of carbonyl (C=O) groups is 1. The topological polar surface area (TPSA) is 69.7 Å². The molecular formula is C18H28O5S. The Labute approximate surface area is 145 Å². The van der Waals surface area contributed by atoms with Gasteiger partial charge in [0.25, 0.3) is 10.1 Å². The van der Waals surface area contributed by atoms with Crippen molar-refractivity contribution in [3.8, 4) is 0 Å². The van der Waals surface area contributed by atoms with Crippen molar-refractivity contribution in [1.82, 2.24) is 0 Å². The van der Waals surface area contributed by atoms with Crippen molar-refractivity contribution in [2.75, 3.05) is 12.4 Å². The van der Waals surface area contributed by atoms with Crippen LogP contribution >= 0.6 is 0 Å². The van der Waals surface area contributed by atoms with E-state index in [4.69, 9.17) is 8.92 Å². The van der Waals surface area contributed by atoms with Crippen LogP contribution in [-0.2, 0) is 30.4 Å². The molecule has 0 aliphatic heterocycles. The molecule has 0 heterocycles. The summed E-state index contributed by atoms with van der Waals surface area (Å²) in [6, 6.07) is 9.54. The zero-order valence-electron chi connectivity index (χ0n) is 14.9. The lowest BCUT2D eigenvalue weighted by Crippen LogP contribution is -2.27. The SMILES string of the molecule is CC(CCS(=O)(=O)OCC(C)(C)C)C(C=O)OCc1ccccc1. The summed E-state index contributed by atoms with van der Waals surface area (Å²) in [6.45, 7) is 8.00. The maximum absolute atomic E-state index is 11.9. The van der Waals surface area contributed by atoms with E-state index in [0.717, 1.165) is 11.8 Å². The van der Waals surface area contributed by atoms with Crippen LogP contribution in [0.25, 0.3) is 0 Å². The molecule has 0 aliphatic rings. The zero-order chi connectivity index (χ0) is 18.2. The van der Waals surface area contributed by atoms with Crippen LogP contribution in [0, 0.1) is 11.3 Å². The average Bonchev–Trinajstić information content (AvgIpc) is 2.52. The van der Waals surface area contributed by atoms with Gasteiger partial charge in [0.05, 0.1) is 19.0 Å². The van der Waals surface area contributed by atoms with Crippen molar-refractivity contribution in [2.24, 2.45) is 11.3 Å². The van der Waals surface area contributed by atoms with E-state index >= 15 is 0 Å². The summed E-state index contributed by atoms with van der Waals surface area (Å²) in [5, 5.41) is 0. The van der Waals surface area contributed by atoms with Gasteiger partial charge in [0.15, 0.2) is 0 Å². The Morgan fingerprint density at radius 3 is 2.33 bits per heavy atom.